The molecule has 0 aliphatic carbocycles. The maximum atomic E-state index is 12.1. The third kappa shape index (κ3) is 6.55. The minimum atomic E-state index is -3.53. The number of carbonyl (C=O) groups is 2. The number of aliphatic imine (C=N–C) groups is 1. The molecule has 0 saturated carbocycles. The Labute approximate surface area is 193 Å². The summed E-state index contributed by atoms with van der Waals surface area (Å²) in [4.78, 5) is 28.7. The second-order valence-corrected chi connectivity index (χ2v) is 9.32. The average Bonchev–Trinajstić information content (AvgIpc) is 3.05. The van der Waals surface area contributed by atoms with Gasteiger partial charge in [0.05, 0.1) is 24.2 Å². The first-order chi connectivity index (χ1) is 15.8. The van der Waals surface area contributed by atoms with E-state index in [-0.39, 0.29) is 23.3 Å². The number of ether oxygens (including phenoxy) is 1. The van der Waals surface area contributed by atoms with E-state index in [1.807, 2.05) is 13.0 Å². The lowest BCUT2D eigenvalue weighted by Crippen LogP contribution is -2.32. The second-order valence-electron chi connectivity index (χ2n) is 7.67. The van der Waals surface area contributed by atoms with Crippen molar-refractivity contribution >= 4 is 33.4 Å². The summed E-state index contributed by atoms with van der Waals surface area (Å²) < 4.78 is 31.8. The van der Waals surface area contributed by atoms with E-state index in [1.165, 1.54) is 7.11 Å². The third-order valence-electron chi connectivity index (χ3n) is 5.07. The van der Waals surface area contributed by atoms with Crippen LogP contribution in [0.1, 0.15) is 36.8 Å². The van der Waals surface area contributed by atoms with Crippen molar-refractivity contribution in [1.29, 1.82) is 0 Å². The van der Waals surface area contributed by atoms with Crippen LogP contribution < -0.4 is 20.1 Å². The van der Waals surface area contributed by atoms with Gasteiger partial charge in [0.25, 0.3) is 10.0 Å². The van der Waals surface area contributed by atoms with E-state index in [0.717, 1.165) is 12.0 Å². The maximum Gasteiger partial charge on any atom is 0.263 e. The van der Waals surface area contributed by atoms with E-state index < -0.39 is 10.0 Å². The molecule has 3 rings (SSSR count). The highest BCUT2D eigenvalue weighted by molar-refractivity contribution is 7.90. The predicted octanol–water partition coefficient (Wildman–Crippen LogP) is 2.36. The Kier molecular flexibility index (Phi) is 8.05. The zero-order valence-electron chi connectivity index (χ0n) is 18.7. The number of carbonyl (C=O) groups excluding carboxylic acids is 2. The van der Waals surface area contributed by atoms with E-state index in [1.54, 1.807) is 36.4 Å². The van der Waals surface area contributed by atoms with Gasteiger partial charge < -0.3 is 15.4 Å². The number of hydrogen-bond acceptors (Lipinski definition) is 6. The van der Waals surface area contributed by atoms with Gasteiger partial charge in [-0.05, 0) is 49.6 Å². The standard InChI is InChI=1S/C23H28N4O5S/c1-16-11-12-19(32-2)18(14-16)26-22(29)15-25-21(28)10-4-3-7-13-24-23-17-8-5-6-9-20(17)33(30,31)27-23/h5-6,8-9,11-12,14H,3-4,7,10,13,15H2,1-2H3,(H,24,27)(H,25,28)(H,26,29). The fraction of sp³-hybridized carbons (Fsp3) is 0.348. The molecule has 10 heteroatoms. The zero-order valence-corrected chi connectivity index (χ0v) is 19.5. The number of fused-ring (bicyclic) bond motifs is 1. The fourth-order valence-electron chi connectivity index (χ4n) is 3.40. The Hall–Kier alpha value is -3.40. The van der Waals surface area contributed by atoms with Crippen molar-refractivity contribution in [3.05, 3.63) is 53.6 Å². The van der Waals surface area contributed by atoms with Gasteiger partial charge in [0.2, 0.25) is 11.8 Å². The van der Waals surface area contributed by atoms with Crippen molar-refractivity contribution in [3.8, 4) is 5.75 Å². The van der Waals surface area contributed by atoms with Gasteiger partial charge in [-0.1, -0.05) is 24.6 Å². The Balaban J connectivity index is 1.34. The van der Waals surface area contributed by atoms with E-state index >= 15 is 0 Å². The number of anilines is 1. The van der Waals surface area contributed by atoms with Crippen molar-refractivity contribution in [2.24, 2.45) is 4.99 Å². The molecule has 33 heavy (non-hydrogen) atoms. The topological polar surface area (TPSA) is 126 Å². The van der Waals surface area contributed by atoms with Crippen LogP contribution in [0, 0.1) is 6.92 Å². The molecule has 0 aromatic heterocycles. The summed E-state index contributed by atoms with van der Waals surface area (Å²) in [5, 5.41) is 5.35. The van der Waals surface area contributed by atoms with Crippen molar-refractivity contribution in [2.75, 3.05) is 25.5 Å². The Bertz CT molecular complexity index is 1160. The highest BCUT2D eigenvalue weighted by Gasteiger charge is 2.29. The lowest BCUT2D eigenvalue weighted by Gasteiger charge is -2.11. The lowest BCUT2D eigenvalue weighted by atomic mass is 10.2. The summed E-state index contributed by atoms with van der Waals surface area (Å²) in [5.41, 5.74) is 2.12. The number of methoxy groups -OCH3 is 1. The van der Waals surface area contributed by atoms with Crippen LogP contribution in [-0.2, 0) is 19.6 Å². The van der Waals surface area contributed by atoms with Gasteiger partial charge >= 0.3 is 0 Å². The van der Waals surface area contributed by atoms with E-state index in [0.29, 0.717) is 48.6 Å². The molecule has 1 aliphatic heterocycles. The lowest BCUT2D eigenvalue weighted by molar-refractivity contribution is -0.124. The van der Waals surface area contributed by atoms with Gasteiger partial charge in [0.1, 0.15) is 11.6 Å². The average molecular weight is 473 g/mol. The van der Waals surface area contributed by atoms with Crippen LogP contribution in [-0.4, -0.2) is 46.3 Å². The van der Waals surface area contributed by atoms with E-state index in [4.69, 9.17) is 4.74 Å². The number of nitrogens with one attached hydrogen (secondary N) is 3. The number of sulfonamides is 1. The van der Waals surface area contributed by atoms with Crippen LogP contribution in [0.5, 0.6) is 5.75 Å². The molecule has 0 unspecified atom stereocenters. The minimum absolute atomic E-state index is 0.122. The summed E-state index contributed by atoms with van der Waals surface area (Å²) in [6.07, 6.45) is 2.42. The predicted molar refractivity (Wildman–Crippen MR) is 126 cm³/mol. The Morgan fingerprint density at radius 2 is 1.85 bits per heavy atom. The maximum absolute atomic E-state index is 12.1. The van der Waals surface area contributed by atoms with Crippen LogP contribution in [0.3, 0.4) is 0 Å². The molecule has 2 aromatic carbocycles. The minimum Gasteiger partial charge on any atom is -0.495 e. The first kappa shape index (κ1) is 24.2. The highest BCUT2D eigenvalue weighted by atomic mass is 32.2. The SMILES string of the molecule is COc1ccc(C)cc1NC(=O)CNC(=O)CCCCCN=C1NS(=O)(=O)c2ccccc21. The normalized spacial score (nSPS) is 14.9. The van der Waals surface area contributed by atoms with Crippen LogP contribution in [0.2, 0.25) is 0 Å². The quantitative estimate of drug-likeness (QED) is 0.458. The van der Waals surface area contributed by atoms with Crippen LogP contribution in [0.15, 0.2) is 52.4 Å². The first-order valence-electron chi connectivity index (χ1n) is 10.7. The molecule has 176 valence electrons. The molecule has 0 bridgehead atoms. The number of amides is 2. The molecule has 2 aromatic rings. The number of rotatable bonds is 10. The molecule has 1 heterocycles. The molecule has 2 amide bonds. The number of unbranched alkanes of at least 4 members (excludes halogenated alkanes) is 2. The van der Waals surface area contributed by atoms with Gasteiger partial charge in [0.15, 0.2) is 0 Å². The number of hydrogen-bond donors (Lipinski definition) is 3. The second kappa shape index (κ2) is 11.0. The summed E-state index contributed by atoms with van der Waals surface area (Å²) in [7, 11) is -2.00. The fourth-order valence-corrected chi connectivity index (χ4v) is 4.65. The Morgan fingerprint density at radius 1 is 1.06 bits per heavy atom. The van der Waals surface area contributed by atoms with Crippen molar-refractivity contribution in [2.45, 2.75) is 37.5 Å². The Morgan fingerprint density at radius 3 is 2.64 bits per heavy atom. The molecule has 9 nitrogen and oxygen atoms in total. The van der Waals surface area contributed by atoms with Gasteiger partial charge in [-0.15, -0.1) is 0 Å². The van der Waals surface area contributed by atoms with Gasteiger partial charge in [-0.25, -0.2) is 8.42 Å². The summed E-state index contributed by atoms with van der Waals surface area (Å²) in [6.45, 7) is 2.24. The van der Waals surface area contributed by atoms with Crippen molar-refractivity contribution < 1.29 is 22.7 Å². The van der Waals surface area contributed by atoms with E-state index in [2.05, 4.69) is 20.3 Å². The molecule has 0 saturated heterocycles. The third-order valence-corrected chi connectivity index (χ3v) is 6.47. The van der Waals surface area contributed by atoms with Crippen LogP contribution in [0.25, 0.3) is 0 Å². The molecular weight excluding hydrogens is 444 g/mol. The summed E-state index contributed by atoms with van der Waals surface area (Å²) in [5.74, 6) is 0.380. The van der Waals surface area contributed by atoms with Crippen molar-refractivity contribution in [1.82, 2.24) is 10.0 Å². The van der Waals surface area contributed by atoms with E-state index in [9.17, 15) is 18.0 Å². The monoisotopic (exact) mass is 472 g/mol. The number of benzene rings is 2. The van der Waals surface area contributed by atoms with Gasteiger partial charge in [-0.2, -0.15) is 0 Å². The van der Waals surface area contributed by atoms with Crippen LogP contribution in [0.4, 0.5) is 5.69 Å². The molecular formula is C23H28N4O5S. The zero-order chi connectivity index (χ0) is 23.8. The largest absolute Gasteiger partial charge is 0.495 e. The van der Waals surface area contributed by atoms with Gasteiger partial charge in [0, 0.05) is 18.5 Å². The summed E-state index contributed by atoms with van der Waals surface area (Å²) in [6, 6.07) is 12.2. The molecule has 1 aliphatic rings. The van der Waals surface area contributed by atoms with Crippen molar-refractivity contribution in [3.63, 3.8) is 0 Å². The molecule has 0 atom stereocenters. The molecule has 0 radical (unpaired) electrons. The number of nitrogens with zero attached hydrogens (tertiary/aromatic N) is 1. The van der Waals surface area contributed by atoms with Gasteiger partial charge in [-0.3, -0.25) is 19.3 Å². The molecule has 0 fully saturated rings. The number of aryl methyl sites for hydroxylation is 1. The first-order valence-corrected chi connectivity index (χ1v) is 12.2. The highest BCUT2D eigenvalue weighted by Crippen LogP contribution is 2.25. The smallest absolute Gasteiger partial charge is 0.263 e. The van der Waals surface area contributed by atoms with Crippen LogP contribution >= 0.6 is 0 Å². The molecule has 3 N–H and O–H groups in total. The number of amidine groups is 1. The molecule has 0 spiro atoms. The summed E-state index contributed by atoms with van der Waals surface area (Å²) >= 11 is 0.